The van der Waals surface area contributed by atoms with Crippen LogP contribution in [0.15, 0.2) is 47.1 Å². The fourth-order valence-electron chi connectivity index (χ4n) is 2.62. The van der Waals surface area contributed by atoms with E-state index in [0.29, 0.717) is 31.8 Å². The smallest absolute Gasteiger partial charge is 0.227 e. The molecule has 126 valence electrons. The van der Waals surface area contributed by atoms with Gasteiger partial charge in [-0.05, 0) is 35.6 Å². The highest BCUT2D eigenvalue weighted by Crippen LogP contribution is 2.13. The highest BCUT2D eigenvalue weighted by atomic mass is 16.3. The quantitative estimate of drug-likeness (QED) is 0.738. The number of hydrogen-bond donors (Lipinski definition) is 0. The fraction of sp³-hybridized carbons (Fsp3) is 0.400. The van der Waals surface area contributed by atoms with Crippen molar-refractivity contribution in [3.8, 4) is 6.07 Å². The summed E-state index contributed by atoms with van der Waals surface area (Å²) in [6.45, 7) is 5.21. The maximum atomic E-state index is 12.6. The van der Waals surface area contributed by atoms with Crippen molar-refractivity contribution in [1.29, 1.82) is 5.26 Å². The summed E-state index contributed by atoms with van der Waals surface area (Å²) in [5, 5.41) is 8.80. The largest absolute Gasteiger partial charge is 0.467 e. The summed E-state index contributed by atoms with van der Waals surface area (Å²) >= 11 is 0. The number of furan rings is 1. The summed E-state index contributed by atoms with van der Waals surface area (Å²) in [5.41, 5.74) is 2.28. The van der Waals surface area contributed by atoms with Gasteiger partial charge in [0.15, 0.2) is 0 Å². The normalized spacial score (nSPS) is 10.6. The van der Waals surface area contributed by atoms with Gasteiger partial charge in [0.25, 0.3) is 0 Å². The molecule has 1 heterocycles. The summed E-state index contributed by atoms with van der Waals surface area (Å²) < 4.78 is 5.32. The first-order valence-corrected chi connectivity index (χ1v) is 8.33. The van der Waals surface area contributed by atoms with Crippen molar-refractivity contribution in [3.63, 3.8) is 0 Å². The molecule has 1 amide bonds. The lowest BCUT2D eigenvalue weighted by Gasteiger charge is -2.20. The third kappa shape index (κ3) is 5.58. The standard InChI is InChI=1S/C20H24N2O2/c1-16(2)13-17-6-8-18(9-7-17)14-20(23)22(11-4-10-21)15-19-5-3-12-24-19/h3,5-9,12,16H,4,11,13-15H2,1-2H3. The first-order chi connectivity index (χ1) is 11.6. The van der Waals surface area contributed by atoms with Crippen LogP contribution in [0, 0.1) is 17.2 Å². The van der Waals surface area contributed by atoms with Gasteiger partial charge in [-0.25, -0.2) is 0 Å². The molecular formula is C20H24N2O2. The lowest BCUT2D eigenvalue weighted by Crippen LogP contribution is -2.32. The number of nitriles is 1. The van der Waals surface area contributed by atoms with Gasteiger partial charge in [0.2, 0.25) is 5.91 Å². The SMILES string of the molecule is CC(C)Cc1ccc(CC(=O)N(CCC#N)Cc2ccco2)cc1. The number of carbonyl (C=O) groups excluding carboxylic acids is 1. The third-order valence-electron chi connectivity index (χ3n) is 3.80. The predicted octanol–water partition coefficient (Wildman–Crippen LogP) is 3.96. The Bertz CT molecular complexity index is 667. The summed E-state index contributed by atoms with van der Waals surface area (Å²) in [4.78, 5) is 14.3. The van der Waals surface area contributed by atoms with Crippen LogP contribution in [0.5, 0.6) is 0 Å². The average Bonchev–Trinajstić information content (AvgIpc) is 3.05. The van der Waals surface area contributed by atoms with Crippen LogP contribution in [0.4, 0.5) is 0 Å². The Labute approximate surface area is 143 Å². The molecule has 4 heteroatoms. The van der Waals surface area contributed by atoms with E-state index in [9.17, 15) is 4.79 Å². The summed E-state index contributed by atoms with van der Waals surface area (Å²) in [5.74, 6) is 1.36. The number of amides is 1. The second-order valence-corrected chi connectivity index (χ2v) is 6.39. The van der Waals surface area contributed by atoms with Crippen molar-refractivity contribution >= 4 is 5.91 Å². The zero-order chi connectivity index (χ0) is 17.4. The summed E-state index contributed by atoms with van der Waals surface area (Å²) in [6, 6.07) is 14.0. The fourth-order valence-corrected chi connectivity index (χ4v) is 2.62. The molecule has 0 N–H and O–H groups in total. The van der Waals surface area contributed by atoms with Gasteiger partial charge in [-0.2, -0.15) is 5.26 Å². The number of hydrogen-bond acceptors (Lipinski definition) is 3. The predicted molar refractivity (Wildman–Crippen MR) is 93.0 cm³/mol. The van der Waals surface area contributed by atoms with E-state index in [-0.39, 0.29) is 5.91 Å². The van der Waals surface area contributed by atoms with Gasteiger partial charge >= 0.3 is 0 Å². The van der Waals surface area contributed by atoms with E-state index in [1.54, 1.807) is 17.2 Å². The van der Waals surface area contributed by atoms with Crippen molar-refractivity contribution in [1.82, 2.24) is 4.90 Å². The maximum absolute atomic E-state index is 12.6. The molecule has 0 aliphatic rings. The molecule has 0 unspecified atom stereocenters. The number of nitrogens with zero attached hydrogens (tertiary/aromatic N) is 2. The molecular weight excluding hydrogens is 300 g/mol. The van der Waals surface area contributed by atoms with E-state index < -0.39 is 0 Å². The molecule has 0 aliphatic heterocycles. The van der Waals surface area contributed by atoms with E-state index in [1.807, 2.05) is 18.2 Å². The summed E-state index contributed by atoms with van der Waals surface area (Å²) in [6.07, 6.45) is 3.30. The third-order valence-corrected chi connectivity index (χ3v) is 3.80. The van der Waals surface area contributed by atoms with Crippen LogP contribution in [0.1, 0.15) is 37.2 Å². The molecule has 2 rings (SSSR count). The minimum absolute atomic E-state index is 0.0123. The average molecular weight is 324 g/mol. The Hall–Kier alpha value is -2.54. The molecule has 0 spiro atoms. The van der Waals surface area contributed by atoms with E-state index in [1.165, 1.54) is 5.56 Å². The second kappa shape index (κ2) is 8.93. The first kappa shape index (κ1) is 17.8. The molecule has 4 nitrogen and oxygen atoms in total. The molecule has 2 aromatic rings. The Morgan fingerprint density at radius 1 is 1.21 bits per heavy atom. The molecule has 0 aliphatic carbocycles. The topological polar surface area (TPSA) is 57.2 Å². The monoisotopic (exact) mass is 324 g/mol. The van der Waals surface area contributed by atoms with Gasteiger partial charge in [0.05, 0.1) is 31.7 Å². The zero-order valence-electron chi connectivity index (χ0n) is 14.4. The van der Waals surface area contributed by atoms with E-state index in [0.717, 1.165) is 17.7 Å². The Kier molecular flexibility index (Phi) is 6.62. The van der Waals surface area contributed by atoms with Gasteiger partial charge in [-0.15, -0.1) is 0 Å². The van der Waals surface area contributed by atoms with Gasteiger partial charge < -0.3 is 9.32 Å². The second-order valence-electron chi connectivity index (χ2n) is 6.39. The van der Waals surface area contributed by atoms with Gasteiger partial charge in [-0.1, -0.05) is 38.1 Å². The lowest BCUT2D eigenvalue weighted by atomic mass is 10.0. The van der Waals surface area contributed by atoms with E-state index >= 15 is 0 Å². The van der Waals surface area contributed by atoms with Crippen LogP contribution in [0.2, 0.25) is 0 Å². The molecule has 0 atom stereocenters. The molecule has 0 saturated heterocycles. The van der Waals surface area contributed by atoms with Crippen LogP contribution < -0.4 is 0 Å². The number of rotatable bonds is 8. The van der Waals surface area contributed by atoms with Gasteiger partial charge in [-0.3, -0.25) is 4.79 Å². The van der Waals surface area contributed by atoms with Crippen molar-refractivity contribution in [2.45, 2.75) is 39.7 Å². The Balaban J connectivity index is 1.99. The van der Waals surface area contributed by atoms with Crippen LogP contribution in [-0.4, -0.2) is 17.4 Å². The maximum Gasteiger partial charge on any atom is 0.227 e. The highest BCUT2D eigenvalue weighted by Gasteiger charge is 2.15. The molecule has 0 saturated carbocycles. The highest BCUT2D eigenvalue weighted by molar-refractivity contribution is 5.78. The molecule has 0 bridgehead atoms. The zero-order valence-corrected chi connectivity index (χ0v) is 14.4. The lowest BCUT2D eigenvalue weighted by molar-refractivity contribution is -0.131. The van der Waals surface area contributed by atoms with Crippen molar-refractivity contribution < 1.29 is 9.21 Å². The molecule has 0 fully saturated rings. The Morgan fingerprint density at radius 3 is 2.50 bits per heavy atom. The van der Waals surface area contributed by atoms with E-state index in [4.69, 9.17) is 9.68 Å². The van der Waals surface area contributed by atoms with E-state index in [2.05, 4.69) is 32.0 Å². The molecule has 1 aromatic carbocycles. The van der Waals surface area contributed by atoms with Crippen LogP contribution in [0.3, 0.4) is 0 Å². The molecule has 0 radical (unpaired) electrons. The van der Waals surface area contributed by atoms with Crippen molar-refractivity contribution in [2.75, 3.05) is 6.54 Å². The summed E-state index contributed by atoms with van der Waals surface area (Å²) in [7, 11) is 0. The minimum atomic E-state index is 0.0123. The Morgan fingerprint density at radius 2 is 1.92 bits per heavy atom. The first-order valence-electron chi connectivity index (χ1n) is 8.33. The van der Waals surface area contributed by atoms with Crippen LogP contribution in [0.25, 0.3) is 0 Å². The molecule has 1 aromatic heterocycles. The molecule has 24 heavy (non-hydrogen) atoms. The van der Waals surface area contributed by atoms with Crippen LogP contribution in [-0.2, 0) is 24.2 Å². The van der Waals surface area contributed by atoms with Crippen LogP contribution >= 0.6 is 0 Å². The van der Waals surface area contributed by atoms with Gasteiger partial charge in [0, 0.05) is 6.54 Å². The number of carbonyl (C=O) groups is 1. The minimum Gasteiger partial charge on any atom is -0.467 e. The van der Waals surface area contributed by atoms with Gasteiger partial charge in [0.1, 0.15) is 5.76 Å². The van der Waals surface area contributed by atoms with Crippen molar-refractivity contribution in [3.05, 3.63) is 59.5 Å². The number of benzene rings is 1. The van der Waals surface area contributed by atoms with Crippen molar-refractivity contribution in [2.24, 2.45) is 5.92 Å².